The van der Waals surface area contributed by atoms with Crippen LogP contribution in [-0.2, 0) is 17.1 Å². The fourth-order valence-corrected chi connectivity index (χ4v) is 4.85. The summed E-state index contributed by atoms with van der Waals surface area (Å²) in [6.07, 6.45) is 1.12. The average molecular weight is 461 g/mol. The van der Waals surface area contributed by atoms with E-state index >= 15 is 0 Å². The van der Waals surface area contributed by atoms with Gasteiger partial charge in [-0.15, -0.1) is 0 Å². The number of nitrogens with one attached hydrogen (secondary N) is 2. The molecule has 2 heterocycles. The molecule has 0 saturated carbocycles. The first-order chi connectivity index (χ1) is 15.7. The van der Waals surface area contributed by atoms with Crippen LogP contribution in [0.15, 0.2) is 60.7 Å². The molecule has 0 radical (unpaired) electrons. The Morgan fingerprint density at radius 1 is 0.970 bits per heavy atom. The summed E-state index contributed by atoms with van der Waals surface area (Å²) in [5.41, 5.74) is 7.23. The highest BCUT2D eigenvalue weighted by Gasteiger charge is 2.16. The maximum absolute atomic E-state index is 11.6. The van der Waals surface area contributed by atoms with Gasteiger partial charge in [0.1, 0.15) is 5.75 Å². The lowest BCUT2D eigenvalue weighted by atomic mass is 10.1. The van der Waals surface area contributed by atoms with E-state index in [9.17, 15) is 8.42 Å². The van der Waals surface area contributed by atoms with Crippen LogP contribution in [0.3, 0.4) is 0 Å². The molecule has 5 aromatic rings. The van der Waals surface area contributed by atoms with E-state index < -0.39 is 10.0 Å². The zero-order valence-electron chi connectivity index (χ0n) is 18.8. The third-order valence-corrected chi connectivity index (χ3v) is 6.44. The SMILES string of the molecule is COc1cc(NS(C)(=O)=O)ccc1Nc1cccc2c1c1nc3cccc(C)c3cc1n2C. The fourth-order valence-electron chi connectivity index (χ4n) is 4.29. The molecule has 168 valence electrons. The molecule has 0 aliphatic rings. The summed E-state index contributed by atoms with van der Waals surface area (Å²) in [4.78, 5) is 5.02. The minimum atomic E-state index is -3.38. The van der Waals surface area contributed by atoms with Crippen molar-refractivity contribution in [1.29, 1.82) is 0 Å². The van der Waals surface area contributed by atoms with Gasteiger partial charge >= 0.3 is 0 Å². The number of methoxy groups -OCH3 is 1. The summed E-state index contributed by atoms with van der Waals surface area (Å²) in [5, 5.41) is 5.62. The van der Waals surface area contributed by atoms with Crippen LogP contribution < -0.4 is 14.8 Å². The van der Waals surface area contributed by atoms with Crippen molar-refractivity contribution in [1.82, 2.24) is 9.55 Å². The highest BCUT2D eigenvalue weighted by Crippen LogP contribution is 2.38. The Bertz CT molecular complexity index is 1660. The highest BCUT2D eigenvalue weighted by atomic mass is 32.2. The third kappa shape index (κ3) is 3.72. The van der Waals surface area contributed by atoms with Gasteiger partial charge in [-0.3, -0.25) is 4.72 Å². The summed E-state index contributed by atoms with van der Waals surface area (Å²) >= 11 is 0. The number of pyridine rings is 1. The molecule has 5 rings (SSSR count). The molecule has 33 heavy (non-hydrogen) atoms. The van der Waals surface area contributed by atoms with Gasteiger partial charge in [0, 0.05) is 23.9 Å². The Kier molecular flexibility index (Phi) is 4.90. The van der Waals surface area contributed by atoms with Crippen LogP contribution in [-0.4, -0.2) is 31.3 Å². The highest BCUT2D eigenvalue weighted by molar-refractivity contribution is 7.92. The van der Waals surface area contributed by atoms with E-state index in [-0.39, 0.29) is 0 Å². The quantitative estimate of drug-likeness (QED) is 0.371. The summed E-state index contributed by atoms with van der Waals surface area (Å²) in [6, 6.07) is 19.6. The number of nitrogens with zero attached hydrogens (tertiary/aromatic N) is 2. The molecule has 0 aliphatic heterocycles. The third-order valence-electron chi connectivity index (χ3n) is 5.83. The van der Waals surface area contributed by atoms with E-state index in [2.05, 4.69) is 39.7 Å². The van der Waals surface area contributed by atoms with E-state index in [1.165, 1.54) is 5.56 Å². The number of hydrogen-bond donors (Lipinski definition) is 2. The molecule has 0 atom stereocenters. The summed E-state index contributed by atoms with van der Waals surface area (Å²) < 4.78 is 33.3. The second kappa shape index (κ2) is 7.67. The molecular formula is C25H24N4O3S. The van der Waals surface area contributed by atoms with Crippen molar-refractivity contribution >= 4 is 59.9 Å². The minimum absolute atomic E-state index is 0.437. The van der Waals surface area contributed by atoms with Gasteiger partial charge in [-0.05, 0) is 48.9 Å². The first kappa shape index (κ1) is 21.1. The standard InChI is InChI=1S/C25H24N4O3S/c1-15-7-5-8-18-17(15)14-22-25(27-18)24-20(9-6-10-21(24)29(22)2)26-19-12-11-16(13-23(19)32-3)28-33(4,30)31/h5-14,26,28H,1-4H3. The number of aryl methyl sites for hydroxylation is 2. The van der Waals surface area contributed by atoms with Gasteiger partial charge in [0.2, 0.25) is 10.0 Å². The molecule has 0 aliphatic carbocycles. The molecule has 0 unspecified atom stereocenters. The molecule has 2 N–H and O–H groups in total. The molecule has 8 heteroatoms. The van der Waals surface area contributed by atoms with Crippen LogP contribution in [0, 0.1) is 6.92 Å². The fraction of sp³-hybridized carbons (Fsp3) is 0.160. The van der Waals surface area contributed by atoms with E-state index in [4.69, 9.17) is 9.72 Å². The van der Waals surface area contributed by atoms with Gasteiger partial charge in [-0.25, -0.2) is 13.4 Å². The van der Waals surface area contributed by atoms with Gasteiger partial charge in [0.25, 0.3) is 0 Å². The zero-order chi connectivity index (χ0) is 23.3. The Morgan fingerprint density at radius 2 is 1.76 bits per heavy atom. The van der Waals surface area contributed by atoms with Crippen molar-refractivity contribution < 1.29 is 13.2 Å². The normalized spacial score (nSPS) is 11.9. The molecule has 0 saturated heterocycles. The van der Waals surface area contributed by atoms with E-state index in [1.807, 2.05) is 31.3 Å². The first-order valence-electron chi connectivity index (χ1n) is 10.5. The van der Waals surface area contributed by atoms with Crippen molar-refractivity contribution in [2.24, 2.45) is 7.05 Å². The molecule has 3 aromatic carbocycles. The van der Waals surface area contributed by atoms with Crippen LogP contribution in [0.1, 0.15) is 5.56 Å². The van der Waals surface area contributed by atoms with Crippen LogP contribution in [0.4, 0.5) is 17.1 Å². The van der Waals surface area contributed by atoms with Crippen LogP contribution >= 0.6 is 0 Å². The second-order valence-electron chi connectivity index (χ2n) is 8.17. The van der Waals surface area contributed by atoms with Crippen LogP contribution in [0.25, 0.3) is 32.8 Å². The first-order valence-corrected chi connectivity index (χ1v) is 12.3. The van der Waals surface area contributed by atoms with Gasteiger partial charge < -0.3 is 14.6 Å². The summed E-state index contributed by atoms with van der Waals surface area (Å²) in [7, 11) is 0.221. The Balaban J connectivity index is 1.68. The number of anilines is 3. The number of aromatic nitrogens is 2. The largest absolute Gasteiger partial charge is 0.494 e. The Morgan fingerprint density at radius 3 is 2.52 bits per heavy atom. The summed E-state index contributed by atoms with van der Waals surface area (Å²) in [5.74, 6) is 0.523. The Labute approximate surface area is 192 Å². The molecule has 7 nitrogen and oxygen atoms in total. The lowest BCUT2D eigenvalue weighted by Crippen LogP contribution is -2.09. The number of sulfonamides is 1. The Hall–Kier alpha value is -3.78. The van der Waals surface area contributed by atoms with Crippen molar-refractivity contribution in [3.8, 4) is 5.75 Å². The van der Waals surface area contributed by atoms with Gasteiger partial charge in [0.05, 0.1) is 52.5 Å². The number of fused-ring (bicyclic) bond motifs is 4. The van der Waals surface area contributed by atoms with E-state index in [1.54, 1.807) is 25.3 Å². The van der Waals surface area contributed by atoms with Gasteiger partial charge in [-0.2, -0.15) is 0 Å². The van der Waals surface area contributed by atoms with Crippen molar-refractivity contribution in [2.45, 2.75) is 6.92 Å². The second-order valence-corrected chi connectivity index (χ2v) is 9.92. The van der Waals surface area contributed by atoms with Crippen LogP contribution in [0.5, 0.6) is 5.75 Å². The van der Waals surface area contributed by atoms with Gasteiger partial charge in [0.15, 0.2) is 0 Å². The maximum Gasteiger partial charge on any atom is 0.229 e. The molecule has 0 bridgehead atoms. The smallest absolute Gasteiger partial charge is 0.229 e. The zero-order valence-corrected chi connectivity index (χ0v) is 19.6. The molecule has 0 amide bonds. The lowest BCUT2D eigenvalue weighted by molar-refractivity contribution is 0.417. The number of ether oxygens (including phenoxy) is 1. The van der Waals surface area contributed by atoms with Crippen molar-refractivity contribution in [3.63, 3.8) is 0 Å². The molecule has 2 aromatic heterocycles. The predicted molar refractivity (Wildman–Crippen MR) is 135 cm³/mol. The summed E-state index contributed by atoms with van der Waals surface area (Å²) in [6.45, 7) is 2.10. The predicted octanol–water partition coefficient (Wildman–Crippen LogP) is 5.31. The molecular weight excluding hydrogens is 436 g/mol. The average Bonchev–Trinajstić information content (AvgIpc) is 3.05. The molecule has 0 fully saturated rings. The van der Waals surface area contributed by atoms with Gasteiger partial charge in [-0.1, -0.05) is 18.2 Å². The van der Waals surface area contributed by atoms with Crippen molar-refractivity contribution in [3.05, 3.63) is 66.2 Å². The number of benzene rings is 3. The maximum atomic E-state index is 11.6. The molecule has 0 spiro atoms. The topological polar surface area (TPSA) is 85.2 Å². The number of hydrogen-bond acceptors (Lipinski definition) is 5. The van der Waals surface area contributed by atoms with E-state index in [0.29, 0.717) is 11.4 Å². The monoisotopic (exact) mass is 460 g/mol. The van der Waals surface area contributed by atoms with E-state index in [0.717, 1.165) is 50.5 Å². The minimum Gasteiger partial charge on any atom is -0.494 e. The van der Waals surface area contributed by atoms with Crippen LogP contribution in [0.2, 0.25) is 0 Å². The number of rotatable bonds is 5. The van der Waals surface area contributed by atoms with Crippen molar-refractivity contribution in [2.75, 3.05) is 23.4 Å². The lowest BCUT2D eigenvalue weighted by Gasteiger charge is -2.14.